The third-order valence-electron chi connectivity index (χ3n) is 1.20. The maximum Gasteiger partial charge on any atom is 0.217 e. The van der Waals surface area contributed by atoms with Crippen LogP contribution in [0.25, 0.3) is 0 Å². The molecule has 0 saturated carbocycles. The third kappa shape index (κ3) is 4.49. The molecule has 0 aliphatic heterocycles. The number of allylic oxidation sites excluding steroid dienone is 1. The summed E-state index contributed by atoms with van der Waals surface area (Å²) < 4.78 is 0. The van der Waals surface area contributed by atoms with Gasteiger partial charge in [0.05, 0.1) is 5.76 Å². The standard InChI is InChI=1S/C8H13NO3/c1-5(10)4-8(6(2)11)9-7(3)12/h4,8,10H,1-3H3,(H,9,12)/b5-4+/t8-/m0/s1. The Morgan fingerprint density at radius 1 is 1.33 bits per heavy atom. The van der Waals surface area contributed by atoms with Crippen molar-refractivity contribution in [3.8, 4) is 0 Å². The minimum atomic E-state index is -0.715. The van der Waals surface area contributed by atoms with Crippen molar-refractivity contribution < 1.29 is 14.7 Å². The summed E-state index contributed by atoms with van der Waals surface area (Å²) in [6.07, 6.45) is 1.30. The molecule has 0 spiro atoms. The van der Waals surface area contributed by atoms with E-state index in [-0.39, 0.29) is 17.4 Å². The van der Waals surface area contributed by atoms with Crippen LogP contribution in [0.15, 0.2) is 11.8 Å². The number of hydrogen-bond donors (Lipinski definition) is 2. The molecule has 0 radical (unpaired) electrons. The molecule has 0 rings (SSSR count). The molecule has 12 heavy (non-hydrogen) atoms. The first-order chi connectivity index (χ1) is 5.43. The van der Waals surface area contributed by atoms with Crippen molar-refractivity contribution in [1.29, 1.82) is 0 Å². The van der Waals surface area contributed by atoms with Crippen LogP contribution in [0.2, 0.25) is 0 Å². The predicted octanol–water partition coefficient (Wildman–Crippen LogP) is 0.542. The smallest absolute Gasteiger partial charge is 0.217 e. The van der Waals surface area contributed by atoms with Gasteiger partial charge in [0, 0.05) is 6.92 Å². The van der Waals surface area contributed by atoms with Gasteiger partial charge in [-0.05, 0) is 19.9 Å². The van der Waals surface area contributed by atoms with Crippen molar-refractivity contribution in [2.24, 2.45) is 0 Å². The first-order valence-electron chi connectivity index (χ1n) is 3.58. The molecular formula is C8H13NO3. The van der Waals surface area contributed by atoms with Gasteiger partial charge < -0.3 is 10.4 Å². The summed E-state index contributed by atoms with van der Waals surface area (Å²) in [4.78, 5) is 21.4. The van der Waals surface area contributed by atoms with Gasteiger partial charge >= 0.3 is 0 Å². The molecule has 0 aliphatic rings. The number of aliphatic hydroxyl groups excluding tert-OH is 1. The Hall–Kier alpha value is -1.32. The number of nitrogens with one attached hydrogen (secondary N) is 1. The SMILES string of the molecule is CC(=O)N[C@@H](/C=C(\C)O)C(C)=O. The average Bonchev–Trinajstić information content (AvgIpc) is 1.83. The molecule has 0 bridgehead atoms. The number of ketones is 1. The van der Waals surface area contributed by atoms with Crippen LogP contribution in [-0.4, -0.2) is 22.8 Å². The minimum Gasteiger partial charge on any atom is -0.513 e. The van der Waals surface area contributed by atoms with Gasteiger partial charge in [0.2, 0.25) is 5.91 Å². The number of rotatable bonds is 3. The molecule has 1 atom stereocenters. The molecule has 68 valence electrons. The zero-order chi connectivity index (χ0) is 9.72. The van der Waals surface area contributed by atoms with Gasteiger partial charge in [-0.25, -0.2) is 0 Å². The van der Waals surface area contributed by atoms with E-state index in [2.05, 4.69) is 5.32 Å². The van der Waals surface area contributed by atoms with E-state index in [1.54, 1.807) is 0 Å². The van der Waals surface area contributed by atoms with Crippen LogP contribution in [-0.2, 0) is 9.59 Å². The maximum atomic E-state index is 10.8. The lowest BCUT2D eigenvalue weighted by atomic mass is 10.2. The van der Waals surface area contributed by atoms with Gasteiger partial charge in [0.25, 0.3) is 0 Å². The Labute approximate surface area is 71.3 Å². The lowest BCUT2D eigenvalue weighted by Crippen LogP contribution is -2.37. The van der Waals surface area contributed by atoms with Crippen molar-refractivity contribution in [2.75, 3.05) is 0 Å². The summed E-state index contributed by atoms with van der Waals surface area (Å²) in [6, 6.07) is -0.715. The van der Waals surface area contributed by atoms with Crippen molar-refractivity contribution >= 4 is 11.7 Å². The Kier molecular flexibility index (Phi) is 4.04. The monoisotopic (exact) mass is 171 g/mol. The molecule has 0 aromatic rings. The second-order valence-electron chi connectivity index (χ2n) is 2.60. The number of carbonyl (C=O) groups is 2. The van der Waals surface area contributed by atoms with Crippen LogP contribution in [0, 0.1) is 0 Å². The van der Waals surface area contributed by atoms with E-state index >= 15 is 0 Å². The zero-order valence-electron chi connectivity index (χ0n) is 7.42. The van der Waals surface area contributed by atoms with E-state index in [4.69, 9.17) is 5.11 Å². The summed E-state index contributed by atoms with van der Waals surface area (Å²) in [7, 11) is 0. The molecule has 0 heterocycles. The molecule has 1 amide bonds. The predicted molar refractivity (Wildman–Crippen MR) is 44.7 cm³/mol. The number of aliphatic hydroxyl groups is 1. The molecular weight excluding hydrogens is 158 g/mol. The van der Waals surface area contributed by atoms with E-state index in [1.165, 1.54) is 26.8 Å². The summed E-state index contributed by atoms with van der Waals surface area (Å²) in [5.74, 6) is -0.491. The highest BCUT2D eigenvalue weighted by Crippen LogP contribution is 1.93. The van der Waals surface area contributed by atoms with Gasteiger partial charge in [0.15, 0.2) is 5.78 Å². The van der Waals surface area contributed by atoms with E-state index in [0.29, 0.717) is 0 Å². The molecule has 0 aromatic carbocycles. The van der Waals surface area contributed by atoms with E-state index in [9.17, 15) is 9.59 Å². The fraction of sp³-hybridized carbons (Fsp3) is 0.500. The van der Waals surface area contributed by atoms with Crippen molar-refractivity contribution in [2.45, 2.75) is 26.8 Å². The molecule has 0 aromatic heterocycles. The first-order valence-corrected chi connectivity index (χ1v) is 3.58. The fourth-order valence-electron chi connectivity index (χ4n) is 0.721. The van der Waals surface area contributed by atoms with Crippen molar-refractivity contribution in [1.82, 2.24) is 5.32 Å². The zero-order valence-corrected chi connectivity index (χ0v) is 7.42. The second-order valence-corrected chi connectivity index (χ2v) is 2.60. The van der Waals surface area contributed by atoms with Crippen LogP contribution in [0.4, 0.5) is 0 Å². The summed E-state index contributed by atoms with van der Waals surface area (Å²) in [5.41, 5.74) is 0. The largest absolute Gasteiger partial charge is 0.513 e. The van der Waals surface area contributed by atoms with Crippen LogP contribution in [0.3, 0.4) is 0 Å². The Morgan fingerprint density at radius 3 is 2.08 bits per heavy atom. The number of hydrogen-bond acceptors (Lipinski definition) is 3. The maximum absolute atomic E-state index is 10.8. The molecule has 0 aliphatic carbocycles. The van der Waals surface area contributed by atoms with Crippen LogP contribution in [0.1, 0.15) is 20.8 Å². The van der Waals surface area contributed by atoms with E-state index in [1.807, 2.05) is 0 Å². The summed E-state index contributed by atoms with van der Waals surface area (Å²) in [6.45, 7) is 4.11. The lowest BCUT2D eigenvalue weighted by Gasteiger charge is -2.09. The Balaban J connectivity index is 4.35. The van der Waals surface area contributed by atoms with Gasteiger partial charge in [-0.15, -0.1) is 0 Å². The molecule has 0 saturated heterocycles. The van der Waals surface area contributed by atoms with E-state index < -0.39 is 6.04 Å². The second kappa shape index (κ2) is 4.54. The highest BCUT2D eigenvalue weighted by molar-refractivity contribution is 5.88. The number of amides is 1. The van der Waals surface area contributed by atoms with Crippen molar-refractivity contribution in [3.63, 3.8) is 0 Å². The average molecular weight is 171 g/mol. The highest BCUT2D eigenvalue weighted by Gasteiger charge is 2.11. The van der Waals surface area contributed by atoms with Gasteiger partial charge in [-0.2, -0.15) is 0 Å². The van der Waals surface area contributed by atoms with E-state index in [0.717, 1.165) is 0 Å². The Bertz CT molecular complexity index is 216. The quantitative estimate of drug-likeness (QED) is 0.609. The van der Waals surface area contributed by atoms with Crippen LogP contribution < -0.4 is 5.32 Å². The molecule has 4 nitrogen and oxygen atoms in total. The van der Waals surface area contributed by atoms with Gasteiger partial charge in [-0.3, -0.25) is 9.59 Å². The fourth-order valence-corrected chi connectivity index (χ4v) is 0.721. The van der Waals surface area contributed by atoms with Gasteiger partial charge in [-0.1, -0.05) is 0 Å². The van der Waals surface area contributed by atoms with Crippen LogP contribution >= 0.6 is 0 Å². The number of carbonyl (C=O) groups excluding carboxylic acids is 2. The normalized spacial score (nSPS) is 13.8. The lowest BCUT2D eigenvalue weighted by molar-refractivity contribution is -0.124. The first kappa shape index (κ1) is 10.7. The highest BCUT2D eigenvalue weighted by atomic mass is 16.3. The summed E-state index contributed by atoms with van der Waals surface area (Å²) >= 11 is 0. The number of Topliss-reactive ketones (excluding diaryl/α,β-unsaturated/α-hetero) is 1. The molecule has 0 fully saturated rings. The topological polar surface area (TPSA) is 66.4 Å². The summed E-state index contributed by atoms with van der Waals surface area (Å²) in [5, 5.41) is 11.2. The van der Waals surface area contributed by atoms with Crippen LogP contribution in [0.5, 0.6) is 0 Å². The van der Waals surface area contributed by atoms with Crippen molar-refractivity contribution in [3.05, 3.63) is 11.8 Å². The molecule has 0 unspecified atom stereocenters. The Morgan fingerprint density at radius 2 is 1.83 bits per heavy atom. The minimum absolute atomic E-state index is 0.0175. The molecule has 4 heteroatoms. The van der Waals surface area contributed by atoms with Gasteiger partial charge in [0.1, 0.15) is 6.04 Å². The third-order valence-corrected chi connectivity index (χ3v) is 1.20. The molecule has 2 N–H and O–H groups in total.